The molecule has 1 aliphatic carbocycles. The Morgan fingerprint density at radius 2 is 2.17 bits per heavy atom. The van der Waals surface area contributed by atoms with E-state index in [1.807, 2.05) is 24.3 Å². The van der Waals surface area contributed by atoms with E-state index < -0.39 is 10.0 Å². The normalized spacial score (nSPS) is 16.1. The lowest BCUT2D eigenvalue weighted by molar-refractivity contribution is 0.316. The monoisotopic (exact) mass is 338 g/mol. The fraction of sp³-hybridized carbons (Fsp3) is 0.562. The van der Waals surface area contributed by atoms with Crippen LogP contribution in [0, 0.1) is 5.92 Å². The maximum Gasteiger partial charge on any atom is 0.213 e. The summed E-state index contributed by atoms with van der Waals surface area (Å²) >= 11 is 0. The van der Waals surface area contributed by atoms with E-state index in [2.05, 4.69) is 22.0 Å². The molecule has 1 saturated carbocycles. The van der Waals surface area contributed by atoms with E-state index in [9.17, 15) is 8.42 Å². The number of sulfonamides is 1. The van der Waals surface area contributed by atoms with Gasteiger partial charge in [0.1, 0.15) is 0 Å². The molecule has 0 spiro atoms. The van der Waals surface area contributed by atoms with Gasteiger partial charge in [-0.25, -0.2) is 13.1 Å². The van der Waals surface area contributed by atoms with E-state index in [4.69, 9.17) is 5.73 Å². The average Bonchev–Trinajstić information content (AvgIpc) is 2.45. The number of hydrogen-bond acceptors (Lipinski definition) is 3. The number of hydrogen-bond donors (Lipinski definition) is 3. The fourth-order valence-electron chi connectivity index (χ4n) is 2.36. The third kappa shape index (κ3) is 6.19. The molecule has 0 heterocycles. The van der Waals surface area contributed by atoms with Crippen LogP contribution in [-0.4, -0.2) is 33.2 Å². The first kappa shape index (κ1) is 17.7. The zero-order valence-corrected chi connectivity index (χ0v) is 14.4. The highest BCUT2D eigenvalue weighted by Gasteiger charge is 2.19. The molecular formula is C16H26N4O2S. The number of anilines is 1. The number of aryl methyl sites for hydroxylation is 1. The summed E-state index contributed by atoms with van der Waals surface area (Å²) in [6, 6.07) is 7.89. The number of benzene rings is 1. The Labute approximate surface area is 138 Å². The third-order valence-corrected chi connectivity index (χ3v) is 5.39. The van der Waals surface area contributed by atoms with Gasteiger partial charge in [0.2, 0.25) is 10.0 Å². The first-order valence-electron chi connectivity index (χ1n) is 8.11. The molecule has 0 aromatic heterocycles. The van der Waals surface area contributed by atoms with Crippen molar-refractivity contribution in [2.75, 3.05) is 24.2 Å². The molecule has 0 atom stereocenters. The van der Waals surface area contributed by atoms with Gasteiger partial charge in [0.15, 0.2) is 5.96 Å². The standard InChI is InChI=1S/C16H26N4O2S/c1-2-13-5-4-8-15(11-13)20-16(17)18-9-10-23(21,22)19-12-14-6-3-7-14/h4-5,8,11,14,19H,2-3,6-7,9-10,12H2,1H3,(H3,17,18,20). The summed E-state index contributed by atoms with van der Waals surface area (Å²) in [5.74, 6) is 0.690. The van der Waals surface area contributed by atoms with Crippen LogP contribution in [0.1, 0.15) is 31.7 Å². The van der Waals surface area contributed by atoms with Gasteiger partial charge in [-0.3, -0.25) is 4.99 Å². The molecule has 0 saturated heterocycles. The van der Waals surface area contributed by atoms with Crippen molar-refractivity contribution in [3.05, 3.63) is 29.8 Å². The Kier molecular flexibility index (Phi) is 6.41. The van der Waals surface area contributed by atoms with Crippen molar-refractivity contribution in [1.29, 1.82) is 0 Å². The van der Waals surface area contributed by atoms with Crippen molar-refractivity contribution in [2.45, 2.75) is 32.6 Å². The van der Waals surface area contributed by atoms with Gasteiger partial charge >= 0.3 is 0 Å². The molecule has 1 aliphatic rings. The minimum Gasteiger partial charge on any atom is -0.370 e. The Morgan fingerprint density at radius 1 is 1.39 bits per heavy atom. The molecule has 0 radical (unpaired) electrons. The number of nitrogens with zero attached hydrogens (tertiary/aromatic N) is 1. The van der Waals surface area contributed by atoms with Crippen LogP contribution in [0.15, 0.2) is 29.3 Å². The van der Waals surface area contributed by atoms with Crippen molar-refractivity contribution in [3.63, 3.8) is 0 Å². The number of aliphatic imine (C=N–C) groups is 1. The quantitative estimate of drug-likeness (QED) is 0.496. The van der Waals surface area contributed by atoms with Crippen LogP contribution in [0.5, 0.6) is 0 Å². The Hall–Kier alpha value is -1.60. The predicted octanol–water partition coefficient (Wildman–Crippen LogP) is 1.70. The van der Waals surface area contributed by atoms with Gasteiger partial charge in [0.05, 0.1) is 12.3 Å². The van der Waals surface area contributed by atoms with Gasteiger partial charge in [0, 0.05) is 12.2 Å². The van der Waals surface area contributed by atoms with E-state index in [0.717, 1.165) is 24.9 Å². The zero-order valence-electron chi connectivity index (χ0n) is 13.6. The van der Waals surface area contributed by atoms with Crippen molar-refractivity contribution in [3.8, 4) is 0 Å². The second-order valence-corrected chi connectivity index (χ2v) is 7.84. The topological polar surface area (TPSA) is 96.6 Å². The number of nitrogens with one attached hydrogen (secondary N) is 2. The minimum atomic E-state index is -3.27. The highest BCUT2D eigenvalue weighted by molar-refractivity contribution is 7.89. The molecule has 6 nitrogen and oxygen atoms in total. The second kappa shape index (κ2) is 8.31. The summed E-state index contributed by atoms with van der Waals surface area (Å²) in [5, 5.41) is 2.98. The van der Waals surface area contributed by atoms with Crippen molar-refractivity contribution < 1.29 is 8.42 Å². The second-order valence-electron chi connectivity index (χ2n) is 5.91. The molecule has 2 rings (SSSR count). The molecule has 0 amide bonds. The highest BCUT2D eigenvalue weighted by atomic mass is 32.2. The van der Waals surface area contributed by atoms with Crippen LogP contribution in [0.2, 0.25) is 0 Å². The lowest BCUT2D eigenvalue weighted by Gasteiger charge is -2.25. The SMILES string of the molecule is CCc1cccc(NC(N)=NCCS(=O)(=O)NCC2CCC2)c1. The Balaban J connectivity index is 1.76. The van der Waals surface area contributed by atoms with Crippen LogP contribution < -0.4 is 15.8 Å². The summed E-state index contributed by atoms with van der Waals surface area (Å²) in [7, 11) is -3.27. The largest absolute Gasteiger partial charge is 0.370 e. The lowest BCUT2D eigenvalue weighted by atomic mass is 9.86. The number of nitrogens with two attached hydrogens (primary N) is 1. The molecule has 7 heteroatoms. The fourth-order valence-corrected chi connectivity index (χ4v) is 3.32. The van der Waals surface area contributed by atoms with Crippen LogP contribution >= 0.6 is 0 Å². The molecule has 1 aromatic carbocycles. The zero-order chi connectivity index (χ0) is 16.7. The van der Waals surface area contributed by atoms with Crippen LogP contribution in [0.25, 0.3) is 0 Å². The van der Waals surface area contributed by atoms with Gasteiger partial charge in [-0.15, -0.1) is 0 Å². The first-order valence-corrected chi connectivity index (χ1v) is 9.77. The van der Waals surface area contributed by atoms with Gasteiger partial charge in [0.25, 0.3) is 0 Å². The van der Waals surface area contributed by atoms with Crippen molar-refractivity contribution in [2.24, 2.45) is 16.6 Å². The van der Waals surface area contributed by atoms with Gasteiger partial charge in [-0.1, -0.05) is 25.5 Å². The molecule has 4 N–H and O–H groups in total. The van der Waals surface area contributed by atoms with Crippen molar-refractivity contribution in [1.82, 2.24) is 4.72 Å². The van der Waals surface area contributed by atoms with E-state index >= 15 is 0 Å². The van der Waals surface area contributed by atoms with E-state index in [1.165, 1.54) is 12.0 Å². The molecular weight excluding hydrogens is 312 g/mol. The summed E-state index contributed by atoms with van der Waals surface area (Å²) < 4.78 is 26.4. The summed E-state index contributed by atoms with van der Waals surface area (Å²) in [6.45, 7) is 2.77. The van der Waals surface area contributed by atoms with Crippen LogP contribution in [-0.2, 0) is 16.4 Å². The summed E-state index contributed by atoms with van der Waals surface area (Å²) in [6.07, 6.45) is 4.39. The van der Waals surface area contributed by atoms with Gasteiger partial charge in [-0.2, -0.15) is 0 Å². The third-order valence-electron chi connectivity index (χ3n) is 4.07. The Bertz CT molecular complexity index is 639. The molecule has 128 valence electrons. The van der Waals surface area contributed by atoms with Gasteiger partial charge in [-0.05, 0) is 42.9 Å². The maximum absolute atomic E-state index is 11.9. The molecule has 0 aliphatic heterocycles. The van der Waals surface area contributed by atoms with E-state index in [0.29, 0.717) is 12.5 Å². The smallest absolute Gasteiger partial charge is 0.213 e. The lowest BCUT2D eigenvalue weighted by Crippen LogP contribution is -2.34. The number of guanidine groups is 1. The van der Waals surface area contributed by atoms with E-state index in [1.54, 1.807) is 0 Å². The maximum atomic E-state index is 11.9. The van der Waals surface area contributed by atoms with Gasteiger partial charge < -0.3 is 11.1 Å². The molecule has 0 unspecified atom stereocenters. The summed E-state index contributed by atoms with van der Waals surface area (Å²) in [5.41, 5.74) is 7.86. The molecule has 1 aromatic rings. The van der Waals surface area contributed by atoms with E-state index in [-0.39, 0.29) is 18.3 Å². The molecule has 1 fully saturated rings. The first-order chi connectivity index (χ1) is 11.0. The summed E-state index contributed by atoms with van der Waals surface area (Å²) in [4.78, 5) is 4.09. The average molecular weight is 338 g/mol. The minimum absolute atomic E-state index is 0.0445. The Morgan fingerprint density at radius 3 is 2.83 bits per heavy atom. The highest BCUT2D eigenvalue weighted by Crippen LogP contribution is 2.25. The van der Waals surface area contributed by atoms with Crippen molar-refractivity contribution >= 4 is 21.7 Å². The van der Waals surface area contributed by atoms with Crippen LogP contribution in [0.3, 0.4) is 0 Å². The van der Waals surface area contributed by atoms with Crippen LogP contribution in [0.4, 0.5) is 5.69 Å². The molecule has 23 heavy (non-hydrogen) atoms. The molecule has 0 bridgehead atoms. The predicted molar refractivity (Wildman–Crippen MR) is 95.1 cm³/mol. The number of rotatable bonds is 8.